The first-order chi connectivity index (χ1) is 13.0. The average molecular weight is 370 g/mol. The number of benzene rings is 1. The number of carbonyl (C=O) groups is 3. The van der Waals surface area contributed by atoms with Gasteiger partial charge in [-0.05, 0) is 36.6 Å². The smallest absolute Gasteiger partial charge is 0.337 e. The number of aromatic carboxylic acids is 1. The molecule has 0 aliphatic carbocycles. The molecule has 0 spiro atoms. The maximum absolute atomic E-state index is 12.1. The molecule has 0 atom stereocenters. The van der Waals surface area contributed by atoms with Crippen LogP contribution in [0.1, 0.15) is 35.2 Å². The zero-order chi connectivity index (χ0) is 19.6. The van der Waals surface area contributed by atoms with Gasteiger partial charge in [0.1, 0.15) is 0 Å². The van der Waals surface area contributed by atoms with Crippen LogP contribution < -0.4 is 16.4 Å². The van der Waals surface area contributed by atoms with Gasteiger partial charge in [-0.3, -0.25) is 14.6 Å². The molecule has 2 amide bonds. The number of carboxylic acids is 1. The van der Waals surface area contributed by atoms with Crippen LogP contribution in [-0.4, -0.2) is 34.4 Å². The normalized spacial score (nSPS) is 10.3. The van der Waals surface area contributed by atoms with Gasteiger partial charge in [-0.1, -0.05) is 12.1 Å². The number of rotatable bonds is 9. The lowest BCUT2D eigenvalue weighted by Crippen LogP contribution is -2.16. The van der Waals surface area contributed by atoms with E-state index in [9.17, 15) is 14.4 Å². The van der Waals surface area contributed by atoms with E-state index in [0.29, 0.717) is 25.1 Å². The number of hydrogen-bond acceptors (Lipinski definition) is 5. The molecule has 8 heteroatoms. The zero-order valence-corrected chi connectivity index (χ0v) is 14.8. The molecule has 0 aliphatic heterocycles. The predicted molar refractivity (Wildman–Crippen MR) is 102 cm³/mol. The molecule has 5 N–H and O–H groups in total. The highest BCUT2D eigenvalue weighted by Crippen LogP contribution is 2.16. The van der Waals surface area contributed by atoms with Gasteiger partial charge >= 0.3 is 5.97 Å². The third-order valence-corrected chi connectivity index (χ3v) is 3.78. The van der Waals surface area contributed by atoms with Crippen LogP contribution in [0.4, 0.5) is 11.4 Å². The SMILES string of the molecule is NCCC(=O)Nc1cccc(CCCC(=O)Nc2cnccc2C(=O)O)c1. The van der Waals surface area contributed by atoms with Crippen LogP contribution in [0.25, 0.3) is 0 Å². The number of amides is 2. The number of nitrogens with one attached hydrogen (secondary N) is 2. The number of aryl methyl sites for hydroxylation is 1. The molecule has 142 valence electrons. The molecule has 0 fully saturated rings. The maximum atomic E-state index is 12.1. The van der Waals surface area contributed by atoms with E-state index in [0.717, 1.165) is 5.56 Å². The molecule has 8 nitrogen and oxygen atoms in total. The van der Waals surface area contributed by atoms with Crippen LogP contribution in [0.5, 0.6) is 0 Å². The van der Waals surface area contributed by atoms with Gasteiger partial charge in [-0.15, -0.1) is 0 Å². The standard InChI is InChI=1S/C19H22N4O4/c20-9-7-18(25)22-14-5-1-3-13(11-14)4-2-6-17(24)23-16-12-21-10-8-15(16)19(26)27/h1,3,5,8,10-12H,2,4,6-7,9,20H2,(H,22,25)(H,23,24)(H,26,27). The van der Waals surface area contributed by atoms with Crippen LogP contribution in [0.3, 0.4) is 0 Å². The van der Waals surface area contributed by atoms with Gasteiger partial charge in [-0.2, -0.15) is 0 Å². The van der Waals surface area contributed by atoms with Gasteiger partial charge in [0.15, 0.2) is 0 Å². The van der Waals surface area contributed by atoms with Gasteiger partial charge in [0, 0.05) is 31.3 Å². The second-order valence-corrected chi connectivity index (χ2v) is 5.92. The van der Waals surface area contributed by atoms with Crippen molar-refractivity contribution in [1.82, 2.24) is 4.98 Å². The van der Waals surface area contributed by atoms with Crippen molar-refractivity contribution in [3.8, 4) is 0 Å². The lowest BCUT2D eigenvalue weighted by Gasteiger charge is -2.09. The highest BCUT2D eigenvalue weighted by atomic mass is 16.4. The lowest BCUT2D eigenvalue weighted by molar-refractivity contribution is -0.117. The summed E-state index contributed by atoms with van der Waals surface area (Å²) in [6.07, 6.45) is 4.39. The van der Waals surface area contributed by atoms with Crippen LogP contribution in [0.15, 0.2) is 42.7 Å². The third-order valence-electron chi connectivity index (χ3n) is 3.78. The van der Waals surface area contributed by atoms with E-state index in [-0.39, 0.29) is 35.9 Å². The highest BCUT2D eigenvalue weighted by molar-refractivity contribution is 6.00. The first kappa shape index (κ1) is 20.1. The summed E-state index contributed by atoms with van der Waals surface area (Å²) in [5.74, 6) is -1.54. The number of carboxylic acid groups (broad SMARTS) is 1. The fourth-order valence-corrected chi connectivity index (χ4v) is 2.51. The van der Waals surface area contributed by atoms with Crippen LogP contribution in [0, 0.1) is 0 Å². The number of carbonyl (C=O) groups excluding carboxylic acids is 2. The molecule has 2 rings (SSSR count). The van der Waals surface area contributed by atoms with E-state index in [1.165, 1.54) is 18.5 Å². The van der Waals surface area contributed by atoms with Crippen molar-refractivity contribution < 1.29 is 19.5 Å². The van der Waals surface area contributed by atoms with Crippen LogP contribution >= 0.6 is 0 Å². The molecule has 0 aliphatic rings. The molecule has 0 saturated carbocycles. The van der Waals surface area contributed by atoms with Gasteiger partial charge < -0.3 is 21.5 Å². The van der Waals surface area contributed by atoms with Crippen molar-refractivity contribution in [2.24, 2.45) is 5.73 Å². The van der Waals surface area contributed by atoms with Gasteiger partial charge in [0.05, 0.1) is 17.4 Å². The summed E-state index contributed by atoms with van der Waals surface area (Å²) in [7, 11) is 0. The minimum absolute atomic E-state index is 0.000674. The molecule has 0 bridgehead atoms. The van der Waals surface area contributed by atoms with E-state index in [4.69, 9.17) is 10.8 Å². The maximum Gasteiger partial charge on any atom is 0.337 e. The Morgan fingerprint density at radius 1 is 1.07 bits per heavy atom. The topological polar surface area (TPSA) is 134 Å². The van der Waals surface area contributed by atoms with E-state index < -0.39 is 5.97 Å². The summed E-state index contributed by atoms with van der Waals surface area (Å²) in [6.45, 7) is 0.293. The van der Waals surface area contributed by atoms with Gasteiger partial charge in [0.2, 0.25) is 11.8 Å². The molecule has 0 radical (unpaired) electrons. The molecular formula is C19H22N4O4. The fourth-order valence-electron chi connectivity index (χ4n) is 2.51. The number of anilines is 2. The Kier molecular flexibility index (Phi) is 7.45. The van der Waals surface area contributed by atoms with E-state index in [1.54, 1.807) is 6.07 Å². The number of pyridine rings is 1. The Hall–Kier alpha value is -3.26. The average Bonchev–Trinajstić information content (AvgIpc) is 2.62. The molecular weight excluding hydrogens is 348 g/mol. The number of nitrogens with zero attached hydrogens (tertiary/aromatic N) is 1. The fraction of sp³-hybridized carbons (Fsp3) is 0.263. The van der Waals surface area contributed by atoms with Crippen molar-refractivity contribution in [3.05, 3.63) is 53.9 Å². The molecule has 27 heavy (non-hydrogen) atoms. The zero-order valence-electron chi connectivity index (χ0n) is 14.8. The Morgan fingerprint density at radius 3 is 2.59 bits per heavy atom. The first-order valence-corrected chi connectivity index (χ1v) is 8.55. The van der Waals surface area contributed by atoms with Crippen molar-refractivity contribution in [3.63, 3.8) is 0 Å². The molecule has 2 aromatic rings. The molecule has 0 saturated heterocycles. The number of hydrogen-bond donors (Lipinski definition) is 4. The number of nitrogens with two attached hydrogens (primary N) is 1. The second-order valence-electron chi connectivity index (χ2n) is 5.92. The van der Waals surface area contributed by atoms with Gasteiger partial charge in [0.25, 0.3) is 0 Å². The Balaban J connectivity index is 1.85. The predicted octanol–water partition coefficient (Wildman–Crippen LogP) is 2.03. The lowest BCUT2D eigenvalue weighted by atomic mass is 10.1. The van der Waals surface area contributed by atoms with Crippen LogP contribution in [0.2, 0.25) is 0 Å². The minimum Gasteiger partial charge on any atom is -0.478 e. The number of aromatic nitrogens is 1. The molecule has 1 aromatic heterocycles. The van der Waals surface area contributed by atoms with E-state index in [1.807, 2.05) is 18.2 Å². The van der Waals surface area contributed by atoms with E-state index >= 15 is 0 Å². The van der Waals surface area contributed by atoms with Crippen molar-refractivity contribution >= 4 is 29.2 Å². The molecule has 1 heterocycles. The summed E-state index contributed by atoms with van der Waals surface area (Å²) in [5, 5.41) is 14.5. The van der Waals surface area contributed by atoms with Gasteiger partial charge in [-0.25, -0.2) is 4.79 Å². The van der Waals surface area contributed by atoms with Crippen molar-refractivity contribution in [2.45, 2.75) is 25.7 Å². The Morgan fingerprint density at radius 2 is 1.85 bits per heavy atom. The second kappa shape index (κ2) is 10.0. The van der Waals surface area contributed by atoms with Crippen LogP contribution in [-0.2, 0) is 16.0 Å². The largest absolute Gasteiger partial charge is 0.478 e. The Labute approximate surface area is 156 Å². The van der Waals surface area contributed by atoms with Crippen molar-refractivity contribution in [1.29, 1.82) is 0 Å². The summed E-state index contributed by atoms with van der Waals surface area (Å²) >= 11 is 0. The first-order valence-electron chi connectivity index (χ1n) is 8.55. The summed E-state index contributed by atoms with van der Waals surface area (Å²) in [4.78, 5) is 38.6. The monoisotopic (exact) mass is 370 g/mol. The quantitative estimate of drug-likeness (QED) is 0.533. The summed E-state index contributed by atoms with van der Waals surface area (Å²) in [5.41, 5.74) is 7.21. The third kappa shape index (κ3) is 6.52. The minimum atomic E-state index is -1.12. The Bertz CT molecular complexity index is 823. The summed E-state index contributed by atoms with van der Waals surface area (Å²) in [6, 6.07) is 8.74. The molecule has 1 aromatic carbocycles. The van der Waals surface area contributed by atoms with Crippen molar-refractivity contribution in [2.75, 3.05) is 17.2 Å². The molecule has 0 unspecified atom stereocenters. The summed E-state index contributed by atoms with van der Waals surface area (Å²) < 4.78 is 0. The van der Waals surface area contributed by atoms with E-state index in [2.05, 4.69) is 15.6 Å². The highest BCUT2D eigenvalue weighted by Gasteiger charge is 2.12.